The van der Waals surface area contributed by atoms with Gasteiger partial charge in [-0.1, -0.05) is 47.5 Å². The third kappa shape index (κ3) is 2.27. The summed E-state index contributed by atoms with van der Waals surface area (Å²) in [4.78, 5) is 0. The Labute approximate surface area is 127 Å². The number of halogens is 2. The van der Waals surface area contributed by atoms with Crippen molar-refractivity contribution in [1.82, 2.24) is 5.43 Å². The fourth-order valence-electron chi connectivity index (χ4n) is 2.58. The molecule has 0 saturated carbocycles. The zero-order valence-corrected chi connectivity index (χ0v) is 12.2. The molecular formula is C15H14Cl2N2O. The lowest BCUT2D eigenvalue weighted by Gasteiger charge is -2.21. The van der Waals surface area contributed by atoms with Crippen LogP contribution in [0.25, 0.3) is 0 Å². The molecule has 2 aromatic carbocycles. The number of fused-ring (bicyclic) bond motifs is 1. The van der Waals surface area contributed by atoms with Crippen LogP contribution < -0.4 is 16.0 Å². The van der Waals surface area contributed by atoms with E-state index in [0.29, 0.717) is 16.7 Å². The Kier molecular flexibility index (Phi) is 3.85. The second-order valence-corrected chi connectivity index (χ2v) is 5.48. The quantitative estimate of drug-likeness (QED) is 0.674. The van der Waals surface area contributed by atoms with Crippen molar-refractivity contribution in [2.24, 2.45) is 5.84 Å². The van der Waals surface area contributed by atoms with E-state index >= 15 is 0 Å². The second kappa shape index (κ2) is 5.62. The molecule has 0 fully saturated rings. The largest absolute Gasteiger partial charge is 0.493 e. The van der Waals surface area contributed by atoms with Crippen LogP contribution in [0.2, 0.25) is 10.0 Å². The molecule has 104 valence electrons. The van der Waals surface area contributed by atoms with E-state index in [-0.39, 0.29) is 6.04 Å². The highest BCUT2D eigenvalue weighted by atomic mass is 35.5. The molecule has 1 unspecified atom stereocenters. The standard InChI is InChI=1S/C15H14Cl2N2O/c16-11-5-2-6-12(17)13(11)14(19-18)10-4-1-3-9-7-8-20-15(9)10/h1-6,14,19H,7-8,18H2. The number of benzene rings is 2. The zero-order chi connectivity index (χ0) is 14.1. The maximum atomic E-state index is 6.28. The van der Waals surface area contributed by atoms with Gasteiger partial charge in [-0.3, -0.25) is 5.84 Å². The first kappa shape index (κ1) is 13.7. The van der Waals surface area contributed by atoms with Gasteiger partial charge < -0.3 is 4.74 Å². The Bertz CT molecular complexity index is 626. The average Bonchev–Trinajstić information content (AvgIpc) is 2.91. The molecule has 5 heteroatoms. The first-order valence-corrected chi connectivity index (χ1v) is 7.12. The molecule has 3 nitrogen and oxygen atoms in total. The van der Waals surface area contributed by atoms with E-state index in [4.69, 9.17) is 33.8 Å². The van der Waals surface area contributed by atoms with Crippen LogP contribution in [0, 0.1) is 0 Å². The third-order valence-corrected chi connectivity index (χ3v) is 4.17. The SMILES string of the molecule is NNC(c1cccc2c1OCC2)c1c(Cl)cccc1Cl. The van der Waals surface area contributed by atoms with Gasteiger partial charge in [-0.2, -0.15) is 0 Å². The Hall–Kier alpha value is -1.26. The lowest BCUT2D eigenvalue weighted by atomic mass is 9.96. The molecule has 0 radical (unpaired) electrons. The topological polar surface area (TPSA) is 47.3 Å². The lowest BCUT2D eigenvalue weighted by Crippen LogP contribution is -2.29. The maximum absolute atomic E-state index is 6.28. The van der Waals surface area contributed by atoms with Gasteiger partial charge in [0.05, 0.1) is 12.6 Å². The molecule has 20 heavy (non-hydrogen) atoms. The van der Waals surface area contributed by atoms with Gasteiger partial charge in [-0.25, -0.2) is 5.43 Å². The Balaban J connectivity index is 2.14. The van der Waals surface area contributed by atoms with Crippen molar-refractivity contribution in [3.63, 3.8) is 0 Å². The molecule has 0 amide bonds. The van der Waals surface area contributed by atoms with Gasteiger partial charge in [-0.05, 0) is 17.7 Å². The third-order valence-electron chi connectivity index (χ3n) is 3.51. The van der Waals surface area contributed by atoms with Crippen molar-refractivity contribution in [3.8, 4) is 5.75 Å². The van der Waals surface area contributed by atoms with Crippen molar-refractivity contribution >= 4 is 23.2 Å². The van der Waals surface area contributed by atoms with Crippen molar-refractivity contribution < 1.29 is 4.74 Å². The van der Waals surface area contributed by atoms with Gasteiger partial charge in [-0.15, -0.1) is 0 Å². The van der Waals surface area contributed by atoms with Gasteiger partial charge >= 0.3 is 0 Å². The molecule has 0 bridgehead atoms. The van der Waals surface area contributed by atoms with Gasteiger partial charge in [0.1, 0.15) is 5.75 Å². The molecular weight excluding hydrogens is 295 g/mol. The molecule has 1 aliphatic rings. The van der Waals surface area contributed by atoms with Crippen LogP contribution in [0.4, 0.5) is 0 Å². The number of rotatable bonds is 3. The molecule has 2 aromatic rings. The minimum atomic E-state index is -0.302. The predicted octanol–water partition coefficient (Wildman–Crippen LogP) is 3.48. The van der Waals surface area contributed by atoms with Crippen LogP contribution in [-0.4, -0.2) is 6.61 Å². The highest BCUT2D eigenvalue weighted by Crippen LogP contribution is 2.40. The van der Waals surface area contributed by atoms with Gasteiger partial charge in [0.15, 0.2) is 0 Å². The summed E-state index contributed by atoms with van der Waals surface area (Å²) in [5.74, 6) is 6.63. The van der Waals surface area contributed by atoms with Gasteiger partial charge in [0, 0.05) is 27.6 Å². The van der Waals surface area contributed by atoms with Crippen LogP contribution >= 0.6 is 23.2 Å². The lowest BCUT2D eigenvalue weighted by molar-refractivity contribution is 0.350. The fourth-order valence-corrected chi connectivity index (χ4v) is 3.20. The summed E-state index contributed by atoms with van der Waals surface area (Å²) < 4.78 is 5.73. The summed E-state index contributed by atoms with van der Waals surface area (Å²) >= 11 is 12.6. The van der Waals surface area contributed by atoms with E-state index in [2.05, 4.69) is 11.5 Å². The first-order valence-electron chi connectivity index (χ1n) is 6.37. The second-order valence-electron chi connectivity index (χ2n) is 4.67. The van der Waals surface area contributed by atoms with Crippen molar-refractivity contribution in [2.45, 2.75) is 12.5 Å². The summed E-state index contributed by atoms with van der Waals surface area (Å²) in [5.41, 5.74) is 5.71. The minimum absolute atomic E-state index is 0.302. The fraction of sp³-hybridized carbons (Fsp3) is 0.200. The predicted molar refractivity (Wildman–Crippen MR) is 81.3 cm³/mol. The highest BCUT2D eigenvalue weighted by Gasteiger charge is 2.25. The van der Waals surface area contributed by atoms with Crippen molar-refractivity contribution in [1.29, 1.82) is 0 Å². The summed E-state index contributed by atoms with van der Waals surface area (Å²) in [7, 11) is 0. The van der Waals surface area contributed by atoms with E-state index in [0.717, 1.165) is 23.3 Å². The van der Waals surface area contributed by atoms with E-state index in [1.807, 2.05) is 18.2 Å². The molecule has 0 spiro atoms. The average molecular weight is 309 g/mol. The smallest absolute Gasteiger partial charge is 0.127 e. The molecule has 1 aliphatic heterocycles. The van der Waals surface area contributed by atoms with Crippen molar-refractivity contribution in [3.05, 3.63) is 63.1 Å². The number of ether oxygens (including phenoxy) is 1. The molecule has 0 aromatic heterocycles. The summed E-state index contributed by atoms with van der Waals surface area (Å²) in [6.07, 6.45) is 0.913. The van der Waals surface area contributed by atoms with Gasteiger partial charge in [0.25, 0.3) is 0 Å². The van der Waals surface area contributed by atoms with Gasteiger partial charge in [0.2, 0.25) is 0 Å². The number of nitrogens with one attached hydrogen (secondary N) is 1. The molecule has 0 saturated heterocycles. The Morgan fingerprint density at radius 3 is 2.50 bits per heavy atom. The van der Waals surface area contributed by atoms with Crippen molar-refractivity contribution in [2.75, 3.05) is 6.61 Å². The Morgan fingerprint density at radius 1 is 1.10 bits per heavy atom. The maximum Gasteiger partial charge on any atom is 0.127 e. The number of para-hydroxylation sites is 1. The van der Waals surface area contributed by atoms with E-state index in [1.54, 1.807) is 12.1 Å². The number of hydrogen-bond acceptors (Lipinski definition) is 3. The van der Waals surface area contributed by atoms with E-state index in [9.17, 15) is 0 Å². The first-order chi connectivity index (χ1) is 9.72. The molecule has 1 heterocycles. The zero-order valence-electron chi connectivity index (χ0n) is 10.7. The van der Waals surface area contributed by atoms with Crippen LogP contribution in [0.3, 0.4) is 0 Å². The summed E-state index contributed by atoms with van der Waals surface area (Å²) in [6.45, 7) is 0.694. The number of hydrazine groups is 1. The van der Waals surface area contributed by atoms with E-state index in [1.165, 1.54) is 5.56 Å². The normalized spacial score (nSPS) is 14.8. The highest BCUT2D eigenvalue weighted by molar-refractivity contribution is 6.36. The number of nitrogens with two attached hydrogens (primary N) is 1. The molecule has 3 N–H and O–H groups in total. The van der Waals surface area contributed by atoms with Crippen LogP contribution in [0.15, 0.2) is 36.4 Å². The van der Waals surface area contributed by atoms with Crippen LogP contribution in [0.1, 0.15) is 22.7 Å². The monoisotopic (exact) mass is 308 g/mol. The summed E-state index contributed by atoms with van der Waals surface area (Å²) in [6, 6.07) is 11.2. The Morgan fingerprint density at radius 2 is 1.80 bits per heavy atom. The van der Waals surface area contributed by atoms with Crippen LogP contribution in [0.5, 0.6) is 5.75 Å². The molecule has 0 aliphatic carbocycles. The van der Waals surface area contributed by atoms with Crippen LogP contribution in [-0.2, 0) is 6.42 Å². The minimum Gasteiger partial charge on any atom is -0.493 e. The molecule has 1 atom stereocenters. The van der Waals surface area contributed by atoms with E-state index < -0.39 is 0 Å². The number of hydrogen-bond donors (Lipinski definition) is 2. The molecule has 3 rings (SSSR count). The summed E-state index contributed by atoms with van der Waals surface area (Å²) in [5, 5.41) is 1.16.